The molecule has 1 heterocycles. The molecule has 1 aromatic carbocycles. The largest absolute Gasteiger partial charge is 0.343 e. The van der Waals surface area contributed by atoms with Gasteiger partial charge in [-0.3, -0.25) is 28.9 Å². The number of likely N-dealkylation sites (tertiary alicyclic amines) is 1. The van der Waals surface area contributed by atoms with Crippen LogP contribution in [-0.2, 0) is 24.0 Å². The molecule has 0 aliphatic carbocycles. The molecule has 0 aromatic heterocycles. The molecule has 1 aliphatic heterocycles. The van der Waals surface area contributed by atoms with Gasteiger partial charge < -0.3 is 10.6 Å². The first kappa shape index (κ1) is 22.7. The number of amides is 5. The summed E-state index contributed by atoms with van der Waals surface area (Å²) < 4.78 is 0. The maximum atomic E-state index is 12.5. The second-order valence-corrected chi connectivity index (χ2v) is 6.86. The predicted octanol–water partition coefficient (Wildman–Crippen LogP) is 0.248. The Bertz CT molecular complexity index is 842. The Labute approximate surface area is 172 Å². The topological polar surface area (TPSA) is 145 Å². The average Bonchev–Trinajstić information content (AvgIpc) is 3.06. The highest BCUT2D eigenvalue weighted by Crippen LogP contribution is 2.16. The number of nitroso groups, excluding NO2 is 1. The van der Waals surface area contributed by atoms with E-state index in [0.29, 0.717) is 5.01 Å². The first-order chi connectivity index (χ1) is 14.2. The number of anilines is 1. The number of hydrogen-bond acceptors (Lipinski definition) is 7. The van der Waals surface area contributed by atoms with Gasteiger partial charge in [-0.25, -0.2) is 0 Å². The van der Waals surface area contributed by atoms with E-state index in [0.717, 1.165) is 4.90 Å². The van der Waals surface area contributed by atoms with Crippen molar-refractivity contribution in [3.63, 3.8) is 0 Å². The molecule has 0 unspecified atom stereocenters. The Morgan fingerprint density at radius 1 is 0.933 bits per heavy atom. The first-order valence-electron chi connectivity index (χ1n) is 9.35. The van der Waals surface area contributed by atoms with E-state index in [-0.39, 0.29) is 18.5 Å². The molecule has 1 saturated heterocycles. The maximum absolute atomic E-state index is 12.5. The van der Waals surface area contributed by atoms with Crippen LogP contribution >= 0.6 is 0 Å². The summed E-state index contributed by atoms with van der Waals surface area (Å²) in [6.07, 6.45) is 0.101. The second kappa shape index (κ2) is 9.72. The van der Waals surface area contributed by atoms with Gasteiger partial charge in [-0.15, -0.1) is 4.91 Å². The number of imide groups is 1. The monoisotopic (exact) mass is 417 g/mol. The van der Waals surface area contributed by atoms with Crippen LogP contribution in [0.3, 0.4) is 0 Å². The van der Waals surface area contributed by atoms with E-state index in [1.54, 1.807) is 18.2 Å². The van der Waals surface area contributed by atoms with Crippen molar-refractivity contribution in [2.45, 2.75) is 51.7 Å². The number of rotatable bonds is 8. The van der Waals surface area contributed by atoms with Gasteiger partial charge in [0, 0.05) is 12.8 Å². The molecule has 11 nitrogen and oxygen atoms in total. The molecule has 0 saturated carbocycles. The Morgan fingerprint density at radius 2 is 1.47 bits per heavy atom. The normalized spacial score (nSPS) is 16.4. The van der Waals surface area contributed by atoms with Crippen LogP contribution in [0.25, 0.3) is 0 Å². The highest BCUT2D eigenvalue weighted by atomic mass is 16.3. The fourth-order valence-corrected chi connectivity index (χ4v) is 2.91. The van der Waals surface area contributed by atoms with Crippen LogP contribution in [0.5, 0.6) is 0 Å². The number of carbonyl (C=O) groups is 5. The Morgan fingerprint density at radius 3 is 2.00 bits per heavy atom. The number of benzene rings is 1. The van der Waals surface area contributed by atoms with E-state index in [1.165, 1.54) is 32.9 Å². The molecule has 0 bridgehead atoms. The summed E-state index contributed by atoms with van der Waals surface area (Å²) >= 11 is 0. The molecule has 3 atom stereocenters. The van der Waals surface area contributed by atoms with Gasteiger partial charge in [0.15, 0.2) is 0 Å². The quantitative estimate of drug-likeness (QED) is 0.352. The van der Waals surface area contributed by atoms with Crippen molar-refractivity contribution in [2.24, 2.45) is 5.29 Å². The lowest BCUT2D eigenvalue weighted by Gasteiger charge is -2.24. The zero-order valence-corrected chi connectivity index (χ0v) is 16.8. The fourth-order valence-electron chi connectivity index (χ4n) is 2.91. The number of nitrogens with zero attached hydrogens (tertiary/aromatic N) is 3. The third kappa shape index (κ3) is 5.04. The Hall–Kier alpha value is -3.63. The van der Waals surface area contributed by atoms with Gasteiger partial charge in [-0.2, -0.15) is 5.01 Å². The molecule has 160 valence electrons. The lowest BCUT2D eigenvalue weighted by molar-refractivity contribution is -0.146. The minimum absolute atomic E-state index is 0.0504. The summed E-state index contributed by atoms with van der Waals surface area (Å²) in [6.45, 7) is 4.15. The van der Waals surface area contributed by atoms with Gasteiger partial charge in [0.1, 0.15) is 18.1 Å². The predicted molar refractivity (Wildman–Crippen MR) is 105 cm³/mol. The molecule has 1 fully saturated rings. The van der Waals surface area contributed by atoms with Crippen LogP contribution in [0.4, 0.5) is 5.69 Å². The molecule has 2 rings (SSSR count). The number of hydrogen-bond donors (Lipinski definition) is 2. The molecule has 0 spiro atoms. The summed E-state index contributed by atoms with van der Waals surface area (Å²) in [5.74, 6) is -3.01. The zero-order valence-electron chi connectivity index (χ0n) is 16.8. The van der Waals surface area contributed by atoms with E-state index < -0.39 is 47.7 Å². The zero-order chi connectivity index (χ0) is 22.4. The number of nitrogens with one attached hydrogen (secondary N) is 2. The van der Waals surface area contributed by atoms with E-state index in [9.17, 15) is 28.9 Å². The van der Waals surface area contributed by atoms with Crippen molar-refractivity contribution in [1.82, 2.24) is 15.5 Å². The fraction of sp³-hybridized carbons (Fsp3) is 0.421. The molecule has 1 aromatic rings. The van der Waals surface area contributed by atoms with Crippen molar-refractivity contribution in [2.75, 3.05) is 5.01 Å². The van der Waals surface area contributed by atoms with Gasteiger partial charge in [-0.1, -0.05) is 18.2 Å². The third-order valence-electron chi connectivity index (χ3n) is 4.63. The van der Waals surface area contributed by atoms with Gasteiger partial charge in [0.2, 0.25) is 23.6 Å². The molecule has 11 heteroatoms. The molecule has 5 amide bonds. The lowest BCUT2D eigenvalue weighted by Crippen LogP contribution is -2.55. The van der Waals surface area contributed by atoms with E-state index in [2.05, 4.69) is 15.9 Å². The number of para-hydroxylation sites is 1. The van der Waals surface area contributed by atoms with Crippen molar-refractivity contribution in [1.29, 1.82) is 0 Å². The van der Waals surface area contributed by atoms with Crippen molar-refractivity contribution in [3.8, 4) is 0 Å². The van der Waals surface area contributed by atoms with Crippen molar-refractivity contribution < 1.29 is 24.0 Å². The minimum atomic E-state index is -1.10. The SMILES string of the molecule is C[C@H](NC(=O)[C@H](C)N1C(=O)CCC1=O)C(=O)N[C@@H](C)C(=O)N(N=O)c1ccccc1. The maximum Gasteiger partial charge on any atom is 0.272 e. The van der Waals surface area contributed by atoms with Crippen molar-refractivity contribution in [3.05, 3.63) is 35.2 Å². The van der Waals surface area contributed by atoms with E-state index in [4.69, 9.17) is 0 Å². The van der Waals surface area contributed by atoms with Crippen LogP contribution in [0.15, 0.2) is 35.6 Å². The van der Waals surface area contributed by atoms with Crippen LogP contribution in [0.2, 0.25) is 0 Å². The van der Waals surface area contributed by atoms with Gasteiger partial charge >= 0.3 is 0 Å². The second-order valence-electron chi connectivity index (χ2n) is 6.86. The first-order valence-corrected chi connectivity index (χ1v) is 9.35. The summed E-state index contributed by atoms with van der Waals surface area (Å²) in [5.41, 5.74) is 0.244. The smallest absolute Gasteiger partial charge is 0.272 e. The van der Waals surface area contributed by atoms with Crippen LogP contribution in [-0.4, -0.2) is 52.6 Å². The summed E-state index contributed by atoms with van der Waals surface area (Å²) in [7, 11) is 0. The highest BCUT2D eigenvalue weighted by molar-refractivity contribution is 6.06. The van der Waals surface area contributed by atoms with Gasteiger partial charge in [0.25, 0.3) is 5.91 Å². The standard InChI is InChI=1S/C19H23N5O6/c1-11(20-18(28)13(3)23-15(25)9-10-16(23)26)17(27)21-12(2)19(29)24(22-30)14-7-5-4-6-8-14/h4-8,11-13H,9-10H2,1-3H3,(H,20,28)(H,21,27)/t11-,12-,13-/m0/s1. The van der Waals surface area contributed by atoms with E-state index >= 15 is 0 Å². The minimum Gasteiger partial charge on any atom is -0.343 e. The molecule has 0 radical (unpaired) electrons. The third-order valence-corrected chi connectivity index (χ3v) is 4.63. The van der Waals surface area contributed by atoms with Gasteiger partial charge in [0.05, 0.1) is 11.0 Å². The number of carbonyl (C=O) groups excluding carboxylic acids is 5. The molecule has 30 heavy (non-hydrogen) atoms. The lowest BCUT2D eigenvalue weighted by atomic mass is 10.2. The summed E-state index contributed by atoms with van der Waals surface area (Å²) in [4.78, 5) is 72.6. The molecular formula is C19H23N5O6. The van der Waals surface area contributed by atoms with Gasteiger partial charge in [-0.05, 0) is 32.9 Å². The summed E-state index contributed by atoms with van der Waals surface area (Å²) in [6, 6.07) is 4.76. The Kier molecular flexibility index (Phi) is 7.34. The van der Waals surface area contributed by atoms with Crippen LogP contribution in [0.1, 0.15) is 33.6 Å². The van der Waals surface area contributed by atoms with Crippen molar-refractivity contribution >= 4 is 35.2 Å². The molecule has 2 N–H and O–H groups in total. The van der Waals surface area contributed by atoms with Crippen LogP contribution in [0, 0.1) is 4.91 Å². The average molecular weight is 417 g/mol. The highest BCUT2D eigenvalue weighted by Gasteiger charge is 2.37. The molecule has 1 aliphatic rings. The van der Waals surface area contributed by atoms with E-state index in [1.807, 2.05) is 0 Å². The van der Waals surface area contributed by atoms with Crippen LogP contribution < -0.4 is 15.6 Å². The molecular weight excluding hydrogens is 394 g/mol. The Balaban J connectivity index is 1.95. The summed E-state index contributed by atoms with van der Waals surface area (Å²) in [5, 5.41) is 8.14.